The molecule has 0 spiro atoms. The van der Waals surface area contributed by atoms with Crippen LogP contribution in [-0.2, 0) is 12.0 Å². The molecular weight excluding hydrogens is 434 g/mol. The summed E-state index contributed by atoms with van der Waals surface area (Å²) in [6.45, 7) is 12.0. The average molecular weight is 472 g/mol. The van der Waals surface area contributed by atoms with Crippen LogP contribution in [0.4, 0.5) is 5.69 Å². The number of nitrogens with zero attached hydrogens (tertiary/aromatic N) is 1. The summed E-state index contributed by atoms with van der Waals surface area (Å²) in [5, 5.41) is 2.96. The predicted octanol–water partition coefficient (Wildman–Crippen LogP) is 5.86. The van der Waals surface area contributed by atoms with Gasteiger partial charge in [0, 0.05) is 29.9 Å². The lowest BCUT2D eigenvalue weighted by molar-refractivity contribution is 0.0673. The van der Waals surface area contributed by atoms with Crippen molar-refractivity contribution >= 4 is 17.5 Å². The zero-order chi connectivity index (χ0) is 25.6. The molecular formula is C30H37N3O2. The van der Waals surface area contributed by atoms with Gasteiger partial charge in [0.25, 0.3) is 11.8 Å². The first-order valence-electron chi connectivity index (χ1n) is 12.0. The largest absolute Gasteiger partial charge is 0.334 e. The fraction of sp³-hybridized carbons (Fsp3) is 0.333. The van der Waals surface area contributed by atoms with E-state index in [0.717, 1.165) is 5.56 Å². The van der Waals surface area contributed by atoms with Gasteiger partial charge >= 0.3 is 0 Å². The Balaban J connectivity index is 1.70. The lowest BCUT2D eigenvalue weighted by atomic mass is 9.87. The molecule has 0 aliphatic heterocycles. The number of carbonyl (C=O) groups excluding carboxylic acids is 2. The first-order chi connectivity index (χ1) is 16.5. The minimum atomic E-state index is -0.207. The van der Waals surface area contributed by atoms with Gasteiger partial charge in [0.1, 0.15) is 0 Å². The second kappa shape index (κ2) is 10.9. The van der Waals surface area contributed by atoms with E-state index in [2.05, 4.69) is 39.9 Å². The van der Waals surface area contributed by atoms with Crippen LogP contribution in [0.3, 0.4) is 0 Å². The average Bonchev–Trinajstić information content (AvgIpc) is 2.84. The van der Waals surface area contributed by atoms with Crippen molar-refractivity contribution in [2.24, 2.45) is 11.1 Å². The van der Waals surface area contributed by atoms with Gasteiger partial charge in [-0.25, -0.2) is 0 Å². The molecule has 0 atom stereocenters. The quantitative estimate of drug-likeness (QED) is 0.432. The van der Waals surface area contributed by atoms with Crippen LogP contribution < -0.4 is 11.1 Å². The van der Waals surface area contributed by atoms with Crippen molar-refractivity contribution in [2.75, 3.05) is 18.4 Å². The highest BCUT2D eigenvalue weighted by molar-refractivity contribution is 6.04. The van der Waals surface area contributed by atoms with E-state index >= 15 is 0 Å². The maximum atomic E-state index is 13.2. The lowest BCUT2D eigenvalue weighted by Crippen LogP contribution is -2.41. The molecule has 3 N–H and O–H groups in total. The summed E-state index contributed by atoms with van der Waals surface area (Å²) < 4.78 is 0. The van der Waals surface area contributed by atoms with Crippen LogP contribution in [0.1, 0.15) is 66.5 Å². The fourth-order valence-electron chi connectivity index (χ4n) is 3.78. The number of rotatable bonds is 8. The zero-order valence-corrected chi connectivity index (χ0v) is 21.5. The minimum Gasteiger partial charge on any atom is -0.334 e. The minimum absolute atomic E-state index is 0.0248. The second-order valence-electron chi connectivity index (χ2n) is 10.9. The van der Waals surface area contributed by atoms with Crippen molar-refractivity contribution in [3.05, 3.63) is 101 Å². The summed E-state index contributed by atoms with van der Waals surface area (Å²) in [6.07, 6.45) is 0. The van der Waals surface area contributed by atoms with Gasteiger partial charge in [0.15, 0.2) is 0 Å². The van der Waals surface area contributed by atoms with Crippen LogP contribution in [0.25, 0.3) is 0 Å². The van der Waals surface area contributed by atoms with Gasteiger partial charge in [-0.1, -0.05) is 77.1 Å². The molecule has 0 radical (unpaired) electrons. The van der Waals surface area contributed by atoms with Crippen LogP contribution in [0.2, 0.25) is 0 Å². The van der Waals surface area contributed by atoms with Gasteiger partial charge in [-0.2, -0.15) is 0 Å². The van der Waals surface area contributed by atoms with Gasteiger partial charge < -0.3 is 16.0 Å². The Kier molecular flexibility index (Phi) is 8.13. The van der Waals surface area contributed by atoms with E-state index in [1.807, 2.05) is 83.8 Å². The molecule has 0 saturated carbocycles. The topological polar surface area (TPSA) is 75.4 Å². The number of nitrogens with one attached hydrogen (secondary N) is 1. The fourth-order valence-corrected chi connectivity index (χ4v) is 3.78. The zero-order valence-electron chi connectivity index (χ0n) is 21.5. The van der Waals surface area contributed by atoms with Gasteiger partial charge in [0.05, 0.1) is 0 Å². The number of hydrogen-bond donors (Lipinski definition) is 2. The molecule has 2 amide bonds. The molecule has 0 unspecified atom stereocenters. The molecule has 184 valence electrons. The van der Waals surface area contributed by atoms with E-state index < -0.39 is 0 Å². The molecule has 0 aromatic heterocycles. The van der Waals surface area contributed by atoms with Crippen LogP contribution in [-0.4, -0.2) is 29.8 Å². The predicted molar refractivity (Wildman–Crippen MR) is 144 cm³/mol. The third kappa shape index (κ3) is 7.27. The van der Waals surface area contributed by atoms with E-state index in [4.69, 9.17) is 5.73 Å². The molecule has 3 rings (SSSR count). The normalized spacial score (nSPS) is 11.7. The van der Waals surface area contributed by atoms with Crippen molar-refractivity contribution in [3.63, 3.8) is 0 Å². The van der Waals surface area contributed by atoms with E-state index in [1.54, 1.807) is 0 Å². The summed E-state index contributed by atoms with van der Waals surface area (Å²) in [4.78, 5) is 27.8. The summed E-state index contributed by atoms with van der Waals surface area (Å²) in [7, 11) is 0. The molecule has 0 aliphatic carbocycles. The Bertz CT molecular complexity index is 1130. The van der Waals surface area contributed by atoms with Gasteiger partial charge in [-0.15, -0.1) is 0 Å². The monoisotopic (exact) mass is 471 g/mol. The molecule has 0 bridgehead atoms. The third-order valence-electron chi connectivity index (χ3n) is 6.08. The molecule has 3 aromatic carbocycles. The number of nitrogens with two attached hydrogens (primary N) is 1. The summed E-state index contributed by atoms with van der Waals surface area (Å²) >= 11 is 0. The van der Waals surface area contributed by atoms with E-state index in [1.165, 1.54) is 5.56 Å². The smallest absolute Gasteiger partial charge is 0.255 e. The number of amides is 2. The highest BCUT2D eigenvalue weighted by atomic mass is 16.2. The number of benzene rings is 3. The molecule has 0 fully saturated rings. The number of hydrogen-bond acceptors (Lipinski definition) is 3. The van der Waals surface area contributed by atoms with Crippen LogP contribution >= 0.6 is 0 Å². The first-order valence-corrected chi connectivity index (χ1v) is 12.0. The number of anilines is 1. The first kappa shape index (κ1) is 26.2. The molecule has 35 heavy (non-hydrogen) atoms. The Labute approximate surface area is 209 Å². The van der Waals surface area contributed by atoms with Gasteiger partial charge in [-0.05, 0) is 64.9 Å². The van der Waals surface area contributed by atoms with E-state index in [0.29, 0.717) is 36.4 Å². The third-order valence-corrected chi connectivity index (χ3v) is 6.08. The van der Waals surface area contributed by atoms with Gasteiger partial charge in [-0.3, -0.25) is 9.59 Å². The molecule has 3 aromatic rings. The Morgan fingerprint density at radius 3 is 1.94 bits per heavy atom. The van der Waals surface area contributed by atoms with E-state index in [9.17, 15) is 9.59 Å². The highest BCUT2D eigenvalue weighted by Crippen LogP contribution is 2.23. The summed E-state index contributed by atoms with van der Waals surface area (Å²) in [6, 6.07) is 24.6. The van der Waals surface area contributed by atoms with Crippen molar-refractivity contribution in [1.29, 1.82) is 0 Å². The Morgan fingerprint density at radius 2 is 1.40 bits per heavy atom. The maximum Gasteiger partial charge on any atom is 0.255 e. The van der Waals surface area contributed by atoms with Crippen LogP contribution in [0, 0.1) is 5.41 Å². The Morgan fingerprint density at radius 1 is 0.800 bits per heavy atom. The summed E-state index contributed by atoms with van der Waals surface area (Å²) in [5.41, 5.74) is 9.93. The number of carbonyl (C=O) groups is 2. The molecule has 5 nitrogen and oxygen atoms in total. The van der Waals surface area contributed by atoms with Gasteiger partial charge in [0.2, 0.25) is 0 Å². The summed E-state index contributed by atoms with van der Waals surface area (Å²) in [5.74, 6) is -0.174. The van der Waals surface area contributed by atoms with Crippen LogP contribution in [0.15, 0.2) is 78.9 Å². The molecule has 5 heteroatoms. The maximum absolute atomic E-state index is 13.2. The molecule has 0 aliphatic rings. The van der Waals surface area contributed by atoms with Crippen molar-refractivity contribution in [1.82, 2.24) is 4.90 Å². The second-order valence-corrected chi connectivity index (χ2v) is 10.9. The highest BCUT2D eigenvalue weighted by Gasteiger charge is 2.25. The molecule has 0 heterocycles. The SMILES string of the molecule is CC(C)(CN)CN(Cc1ccc(NC(=O)c2ccc(C(C)(C)C)cc2)cc1)C(=O)c1ccccc1. The lowest BCUT2D eigenvalue weighted by Gasteiger charge is -2.32. The van der Waals surface area contributed by atoms with Crippen molar-refractivity contribution < 1.29 is 9.59 Å². The van der Waals surface area contributed by atoms with Crippen molar-refractivity contribution in [3.8, 4) is 0 Å². The standard InChI is InChI=1S/C30H37N3O2/c1-29(2,3)25-15-13-23(14-16-25)27(34)32-26-17-11-22(12-18-26)19-33(21-30(4,5)20-31)28(35)24-9-7-6-8-10-24/h6-18H,19-21,31H2,1-5H3,(H,32,34). The van der Waals surface area contributed by atoms with Crippen LogP contribution in [0.5, 0.6) is 0 Å². The van der Waals surface area contributed by atoms with E-state index in [-0.39, 0.29) is 22.6 Å². The van der Waals surface area contributed by atoms with Crippen molar-refractivity contribution in [2.45, 2.75) is 46.6 Å². The Hall–Kier alpha value is -3.44. The molecule has 0 saturated heterocycles.